The normalized spacial score (nSPS) is 15.0. The topological polar surface area (TPSA) is 80.0 Å². The van der Waals surface area contributed by atoms with E-state index in [4.69, 9.17) is 0 Å². The largest absolute Gasteiger partial charge is 0.340 e. The number of amides is 1. The first-order valence-corrected chi connectivity index (χ1v) is 9.42. The maximum absolute atomic E-state index is 12.7. The second-order valence-corrected chi connectivity index (χ2v) is 7.02. The minimum atomic E-state index is 0.170. The minimum Gasteiger partial charge on any atom is -0.340 e. The smallest absolute Gasteiger partial charge is 0.227 e. The number of carbonyl (C=O) groups is 1. The Morgan fingerprint density at radius 1 is 1.07 bits per heavy atom. The number of aryl methyl sites for hydroxylation is 1. The maximum Gasteiger partial charge on any atom is 0.227 e. The Hall–Kier alpha value is -3.13. The summed E-state index contributed by atoms with van der Waals surface area (Å²) in [5, 5.41) is 11.1. The molecule has 144 valence electrons. The van der Waals surface area contributed by atoms with Gasteiger partial charge in [0.15, 0.2) is 0 Å². The summed E-state index contributed by atoms with van der Waals surface area (Å²) in [6.07, 6.45) is 3.80. The van der Waals surface area contributed by atoms with Crippen LogP contribution in [0.15, 0.2) is 48.9 Å². The highest BCUT2D eigenvalue weighted by Gasteiger charge is 2.21. The predicted molar refractivity (Wildman–Crippen MR) is 104 cm³/mol. The van der Waals surface area contributed by atoms with E-state index in [0.29, 0.717) is 6.42 Å². The summed E-state index contributed by atoms with van der Waals surface area (Å²) in [6, 6.07) is 11.8. The Kier molecular flexibility index (Phi) is 5.38. The fourth-order valence-corrected chi connectivity index (χ4v) is 3.38. The van der Waals surface area contributed by atoms with Gasteiger partial charge in [-0.15, -0.1) is 5.10 Å². The number of tetrazole rings is 1. The number of nitrogens with zero attached hydrogens (tertiary/aromatic N) is 7. The van der Waals surface area contributed by atoms with Crippen molar-refractivity contribution in [1.82, 2.24) is 35.0 Å². The van der Waals surface area contributed by atoms with E-state index in [-0.39, 0.29) is 5.91 Å². The van der Waals surface area contributed by atoms with Crippen LogP contribution in [0.5, 0.6) is 0 Å². The molecule has 8 heteroatoms. The van der Waals surface area contributed by atoms with E-state index >= 15 is 0 Å². The number of pyridine rings is 1. The highest BCUT2D eigenvalue weighted by molar-refractivity contribution is 5.79. The molecule has 1 aromatic carbocycles. The number of aromatic nitrogens is 5. The first-order chi connectivity index (χ1) is 13.7. The average molecular weight is 377 g/mol. The molecule has 8 nitrogen and oxygen atoms in total. The number of hydrogen-bond donors (Lipinski definition) is 0. The summed E-state index contributed by atoms with van der Waals surface area (Å²) in [4.78, 5) is 21.4. The minimum absolute atomic E-state index is 0.170. The second-order valence-electron chi connectivity index (χ2n) is 7.02. The molecule has 0 atom stereocenters. The van der Waals surface area contributed by atoms with Crippen molar-refractivity contribution in [2.45, 2.75) is 19.9 Å². The molecule has 0 unspecified atom stereocenters. The third-order valence-corrected chi connectivity index (χ3v) is 5.12. The molecular formula is C20H23N7O. The summed E-state index contributed by atoms with van der Waals surface area (Å²) >= 11 is 0. The van der Waals surface area contributed by atoms with Crippen LogP contribution in [0.2, 0.25) is 0 Å². The van der Waals surface area contributed by atoms with Gasteiger partial charge in [0.2, 0.25) is 5.91 Å². The van der Waals surface area contributed by atoms with E-state index in [1.807, 2.05) is 41.4 Å². The van der Waals surface area contributed by atoms with Gasteiger partial charge >= 0.3 is 0 Å². The molecule has 0 N–H and O–H groups in total. The fourth-order valence-electron chi connectivity index (χ4n) is 3.38. The zero-order valence-electron chi connectivity index (χ0n) is 15.9. The van der Waals surface area contributed by atoms with Crippen molar-refractivity contribution < 1.29 is 4.79 Å². The molecule has 0 spiro atoms. The molecule has 0 bridgehead atoms. The van der Waals surface area contributed by atoms with Gasteiger partial charge in [0.1, 0.15) is 6.33 Å². The van der Waals surface area contributed by atoms with Crippen LogP contribution < -0.4 is 0 Å². The molecule has 1 aliphatic heterocycles. The standard InChI is InChI=1S/C20H23N7O/c1-16-3-2-8-21-19(16)14-25-9-11-26(12-10-25)20(28)13-17-4-6-18(7-5-17)27-15-22-23-24-27/h2-8,15H,9-14H2,1H3. The Balaban J connectivity index is 1.29. The maximum atomic E-state index is 12.7. The molecule has 4 rings (SSSR count). The predicted octanol–water partition coefficient (Wildman–Crippen LogP) is 1.25. The highest BCUT2D eigenvalue weighted by atomic mass is 16.2. The van der Waals surface area contributed by atoms with Crippen molar-refractivity contribution >= 4 is 5.91 Å². The zero-order valence-corrected chi connectivity index (χ0v) is 15.9. The second kappa shape index (κ2) is 8.26. The third kappa shape index (κ3) is 4.23. The van der Waals surface area contributed by atoms with E-state index in [9.17, 15) is 4.79 Å². The Morgan fingerprint density at radius 3 is 2.54 bits per heavy atom. The Morgan fingerprint density at radius 2 is 1.86 bits per heavy atom. The summed E-state index contributed by atoms with van der Waals surface area (Å²) < 4.78 is 1.59. The molecule has 0 aliphatic carbocycles. The first kappa shape index (κ1) is 18.2. The van der Waals surface area contributed by atoms with Gasteiger partial charge in [-0.3, -0.25) is 14.7 Å². The van der Waals surface area contributed by atoms with Gasteiger partial charge in [-0.2, -0.15) is 0 Å². The third-order valence-electron chi connectivity index (χ3n) is 5.12. The molecule has 1 aliphatic rings. The zero-order chi connectivity index (χ0) is 19.3. The summed E-state index contributed by atoms with van der Waals surface area (Å²) in [6.45, 7) is 6.20. The van der Waals surface area contributed by atoms with Gasteiger partial charge in [0, 0.05) is 38.9 Å². The molecule has 3 heterocycles. The highest BCUT2D eigenvalue weighted by Crippen LogP contribution is 2.13. The van der Waals surface area contributed by atoms with Crippen LogP contribution in [0.1, 0.15) is 16.8 Å². The van der Waals surface area contributed by atoms with E-state index in [2.05, 4.69) is 38.4 Å². The van der Waals surface area contributed by atoms with Crippen LogP contribution in [0.25, 0.3) is 5.69 Å². The molecule has 0 radical (unpaired) electrons. The van der Waals surface area contributed by atoms with Crippen LogP contribution in [0, 0.1) is 6.92 Å². The molecule has 1 saturated heterocycles. The van der Waals surface area contributed by atoms with E-state index in [1.165, 1.54) is 5.56 Å². The van der Waals surface area contributed by atoms with Crippen molar-refractivity contribution in [1.29, 1.82) is 0 Å². The fraction of sp³-hybridized carbons (Fsp3) is 0.350. The molecule has 1 fully saturated rings. The molecule has 2 aromatic heterocycles. The molecule has 0 saturated carbocycles. The van der Waals surface area contributed by atoms with Crippen LogP contribution in [-0.2, 0) is 17.8 Å². The van der Waals surface area contributed by atoms with Gasteiger partial charge in [0.25, 0.3) is 0 Å². The SMILES string of the molecule is Cc1cccnc1CN1CCN(C(=O)Cc2ccc(-n3cnnn3)cc2)CC1. The first-order valence-electron chi connectivity index (χ1n) is 9.42. The van der Waals surface area contributed by atoms with Gasteiger partial charge in [-0.25, -0.2) is 4.68 Å². The van der Waals surface area contributed by atoms with Gasteiger partial charge in [-0.1, -0.05) is 18.2 Å². The number of carbonyl (C=O) groups excluding carboxylic acids is 1. The lowest BCUT2D eigenvalue weighted by atomic mass is 10.1. The molecule has 28 heavy (non-hydrogen) atoms. The quantitative estimate of drug-likeness (QED) is 0.666. The van der Waals surface area contributed by atoms with Crippen LogP contribution in [0.4, 0.5) is 0 Å². The van der Waals surface area contributed by atoms with Gasteiger partial charge in [-0.05, 0) is 46.7 Å². The monoisotopic (exact) mass is 377 g/mol. The average Bonchev–Trinajstić information content (AvgIpc) is 3.26. The number of hydrogen-bond acceptors (Lipinski definition) is 6. The number of benzene rings is 1. The lowest BCUT2D eigenvalue weighted by Crippen LogP contribution is -2.48. The van der Waals surface area contributed by atoms with Crippen LogP contribution >= 0.6 is 0 Å². The molecular weight excluding hydrogens is 354 g/mol. The van der Waals surface area contributed by atoms with Crippen molar-refractivity contribution in [3.05, 3.63) is 65.7 Å². The number of rotatable bonds is 5. The van der Waals surface area contributed by atoms with Crippen molar-refractivity contribution in [3.63, 3.8) is 0 Å². The molecule has 1 amide bonds. The van der Waals surface area contributed by atoms with Crippen LogP contribution in [-0.4, -0.2) is 67.1 Å². The Labute approximate surface area is 163 Å². The van der Waals surface area contributed by atoms with Gasteiger partial charge in [0.05, 0.1) is 17.8 Å². The van der Waals surface area contributed by atoms with Gasteiger partial charge < -0.3 is 4.90 Å². The van der Waals surface area contributed by atoms with E-state index in [1.54, 1.807) is 11.0 Å². The van der Waals surface area contributed by atoms with Crippen molar-refractivity contribution in [3.8, 4) is 5.69 Å². The molecule has 3 aromatic rings. The Bertz CT molecular complexity index is 916. The lowest BCUT2D eigenvalue weighted by Gasteiger charge is -2.34. The van der Waals surface area contributed by atoms with E-state index in [0.717, 1.165) is 49.7 Å². The van der Waals surface area contributed by atoms with E-state index < -0.39 is 0 Å². The summed E-state index contributed by atoms with van der Waals surface area (Å²) in [5.41, 5.74) is 4.20. The summed E-state index contributed by atoms with van der Waals surface area (Å²) in [5.74, 6) is 0.170. The van der Waals surface area contributed by atoms with Crippen molar-refractivity contribution in [2.24, 2.45) is 0 Å². The van der Waals surface area contributed by atoms with Crippen molar-refractivity contribution in [2.75, 3.05) is 26.2 Å². The van der Waals surface area contributed by atoms with Crippen LogP contribution in [0.3, 0.4) is 0 Å². The summed E-state index contributed by atoms with van der Waals surface area (Å²) in [7, 11) is 0. The number of piperazine rings is 1. The lowest BCUT2D eigenvalue weighted by molar-refractivity contribution is -0.132.